The fourth-order valence-electron chi connectivity index (χ4n) is 2.34. The van der Waals surface area contributed by atoms with E-state index in [0.29, 0.717) is 13.1 Å². The first kappa shape index (κ1) is 16.9. The fraction of sp³-hybridized carbons (Fsp3) is 0.500. The zero-order valence-electron chi connectivity index (χ0n) is 12.4. The number of nitrogens with two attached hydrogens (primary N) is 1. The number of rotatable bonds is 4. The number of hydrogen-bond donors (Lipinski definition) is 1. The third-order valence-electron chi connectivity index (χ3n) is 3.54. The lowest BCUT2D eigenvalue weighted by Crippen LogP contribution is -2.51. The summed E-state index contributed by atoms with van der Waals surface area (Å²) in [7, 11) is -3.65. The van der Waals surface area contributed by atoms with E-state index in [4.69, 9.17) is 5.73 Å². The van der Waals surface area contributed by atoms with Gasteiger partial charge in [-0.1, -0.05) is 0 Å². The maximum atomic E-state index is 12.9. The lowest BCUT2D eigenvalue weighted by molar-refractivity contribution is -0.132. The Morgan fingerprint density at radius 2 is 1.77 bits per heavy atom. The minimum absolute atomic E-state index is 0.0595. The molecule has 0 aliphatic carbocycles. The molecular weight excluding hydrogens is 309 g/mol. The molecule has 2 N–H and O–H groups in total. The highest BCUT2D eigenvalue weighted by Crippen LogP contribution is 2.18. The van der Waals surface area contributed by atoms with Gasteiger partial charge in [-0.25, -0.2) is 12.8 Å². The van der Waals surface area contributed by atoms with E-state index in [1.54, 1.807) is 11.8 Å². The van der Waals surface area contributed by atoms with Crippen LogP contribution < -0.4 is 5.73 Å². The predicted molar refractivity (Wildman–Crippen MR) is 80.0 cm³/mol. The van der Waals surface area contributed by atoms with Crippen LogP contribution in [0.25, 0.3) is 0 Å². The normalized spacial score (nSPS) is 18.2. The molecule has 1 unspecified atom stereocenters. The van der Waals surface area contributed by atoms with Gasteiger partial charge < -0.3 is 10.6 Å². The van der Waals surface area contributed by atoms with Crippen molar-refractivity contribution in [2.75, 3.05) is 26.2 Å². The van der Waals surface area contributed by atoms with Gasteiger partial charge in [0.15, 0.2) is 0 Å². The summed E-state index contributed by atoms with van der Waals surface area (Å²) in [6.07, 6.45) is 0.255. The standard InChI is InChI=1S/C14H20FN3O3S/c1-11(16)10-14(19)17-6-8-18(9-7-17)22(20,21)13-4-2-12(15)3-5-13/h2-5,11H,6-10,16H2,1H3. The molecule has 0 radical (unpaired) electrons. The summed E-state index contributed by atoms with van der Waals surface area (Å²) in [4.78, 5) is 13.6. The molecule has 0 saturated carbocycles. The molecule has 6 nitrogen and oxygen atoms in total. The molecule has 2 rings (SSSR count). The van der Waals surface area contributed by atoms with Gasteiger partial charge in [-0.2, -0.15) is 4.31 Å². The Balaban J connectivity index is 2.01. The molecular formula is C14H20FN3O3S. The van der Waals surface area contributed by atoms with Gasteiger partial charge in [-0.15, -0.1) is 0 Å². The summed E-state index contributed by atoms with van der Waals surface area (Å²) in [5, 5.41) is 0. The summed E-state index contributed by atoms with van der Waals surface area (Å²) >= 11 is 0. The zero-order chi connectivity index (χ0) is 16.3. The van der Waals surface area contributed by atoms with Crippen LogP contribution in [0.3, 0.4) is 0 Å². The molecule has 8 heteroatoms. The Morgan fingerprint density at radius 3 is 2.27 bits per heavy atom. The third-order valence-corrected chi connectivity index (χ3v) is 5.45. The topological polar surface area (TPSA) is 83.7 Å². The van der Waals surface area contributed by atoms with Gasteiger partial charge in [0.2, 0.25) is 15.9 Å². The maximum Gasteiger partial charge on any atom is 0.243 e. The molecule has 1 fully saturated rings. The first-order chi connectivity index (χ1) is 10.3. The highest BCUT2D eigenvalue weighted by atomic mass is 32.2. The lowest BCUT2D eigenvalue weighted by atomic mass is 10.2. The third kappa shape index (κ3) is 3.82. The van der Waals surface area contributed by atoms with Crippen LogP contribution in [0.15, 0.2) is 29.2 Å². The van der Waals surface area contributed by atoms with E-state index in [1.165, 1.54) is 16.4 Å². The monoisotopic (exact) mass is 329 g/mol. The molecule has 0 aromatic heterocycles. The van der Waals surface area contributed by atoms with Gasteiger partial charge in [0.05, 0.1) is 4.90 Å². The summed E-state index contributed by atoms with van der Waals surface area (Å²) in [6, 6.07) is 4.52. The quantitative estimate of drug-likeness (QED) is 0.866. The van der Waals surface area contributed by atoms with E-state index in [2.05, 4.69) is 0 Å². The van der Waals surface area contributed by atoms with Gasteiger partial charge in [0, 0.05) is 38.6 Å². The number of piperazine rings is 1. The van der Waals surface area contributed by atoms with Gasteiger partial charge >= 0.3 is 0 Å². The van der Waals surface area contributed by atoms with Crippen LogP contribution in [0, 0.1) is 5.82 Å². The van der Waals surface area contributed by atoms with Crippen LogP contribution in [0.5, 0.6) is 0 Å². The average molecular weight is 329 g/mol. The molecule has 1 aliphatic heterocycles. The summed E-state index contributed by atoms with van der Waals surface area (Å²) in [6.45, 7) is 2.89. The first-order valence-corrected chi connectivity index (χ1v) is 8.54. The van der Waals surface area contributed by atoms with Gasteiger partial charge in [-0.3, -0.25) is 4.79 Å². The largest absolute Gasteiger partial charge is 0.340 e. The molecule has 1 aliphatic rings. The number of amides is 1. The minimum Gasteiger partial charge on any atom is -0.340 e. The molecule has 1 aromatic carbocycles. The molecule has 0 spiro atoms. The highest BCUT2D eigenvalue weighted by molar-refractivity contribution is 7.89. The van der Waals surface area contributed by atoms with Crippen molar-refractivity contribution >= 4 is 15.9 Å². The Hall–Kier alpha value is -1.51. The Kier molecular flexibility index (Phi) is 5.15. The van der Waals surface area contributed by atoms with E-state index >= 15 is 0 Å². The number of hydrogen-bond acceptors (Lipinski definition) is 4. The Morgan fingerprint density at radius 1 is 1.23 bits per heavy atom. The number of nitrogens with zero attached hydrogens (tertiary/aromatic N) is 2. The second-order valence-electron chi connectivity index (χ2n) is 5.42. The summed E-state index contributed by atoms with van der Waals surface area (Å²) in [5.74, 6) is -0.542. The zero-order valence-corrected chi connectivity index (χ0v) is 13.2. The molecule has 122 valence electrons. The Bertz CT molecular complexity index is 623. The molecule has 22 heavy (non-hydrogen) atoms. The van der Waals surface area contributed by atoms with E-state index in [1.807, 2.05) is 0 Å². The van der Waals surface area contributed by atoms with Crippen LogP contribution in [-0.2, 0) is 14.8 Å². The molecule has 1 atom stereocenters. The van der Waals surface area contributed by atoms with E-state index in [9.17, 15) is 17.6 Å². The van der Waals surface area contributed by atoms with Crippen LogP contribution in [0.2, 0.25) is 0 Å². The van der Waals surface area contributed by atoms with E-state index < -0.39 is 15.8 Å². The molecule has 1 amide bonds. The predicted octanol–water partition coefficient (Wildman–Crippen LogP) is 0.396. The average Bonchev–Trinajstić information content (AvgIpc) is 2.47. The van der Waals surface area contributed by atoms with Crippen molar-refractivity contribution in [2.45, 2.75) is 24.3 Å². The van der Waals surface area contributed by atoms with Crippen molar-refractivity contribution in [3.8, 4) is 0 Å². The van der Waals surface area contributed by atoms with Crippen LogP contribution >= 0.6 is 0 Å². The highest BCUT2D eigenvalue weighted by Gasteiger charge is 2.30. The number of sulfonamides is 1. The summed E-state index contributed by atoms with van der Waals surface area (Å²) in [5.41, 5.74) is 5.60. The molecule has 0 bridgehead atoms. The van der Waals surface area contributed by atoms with Crippen LogP contribution in [0.4, 0.5) is 4.39 Å². The fourth-order valence-corrected chi connectivity index (χ4v) is 3.76. The van der Waals surface area contributed by atoms with Crippen molar-refractivity contribution in [3.63, 3.8) is 0 Å². The first-order valence-electron chi connectivity index (χ1n) is 7.10. The van der Waals surface area contributed by atoms with Crippen molar-refractivity contribution in [3.05, 3.63) is 30.1 Å². The number of carbonyl (C=O) groups excluding carboxylic acids is 1. The second kappa shape index (κ2) is 6.72. The maximum absolute atomic E-state index is 12.9. The van der Waals surface area contributed by atoms with Gasteiger partial charge in [-0.05, 0) is 31.2 Å². The van der Waals surface area contributed by atoms with Crippen LogP contribution in [0.1, 0.15) is 13.3 Å². The van der Waals surface area contributed by atoms with Crippen LogP contribution in [-0.4, -0.2) is 55.8 Å². The second-order valence-corrected chi connectivity index (χ2v) is 7.36. The Labute approximate surface area is 129 Å². The summed E-state index contributed by atoms with van der Waals surface area (Å²) < 4.78 is 39.1. The molecule has 1 aromatic rings. The number of halogens is 1. The SMILES string of the molecule is CC(N)CC(=O)N1CCN(S(=O)(=O)c2ccc(F)cc2)CC1. The van der Waals surface area contributed by atoms with Gasteiger partial charge in [0.1, 0.15) is 5.82 Å². The number of benzene rings is 1. The lowest BCUT2D eigenvalue weighted by Gasteiger charge is -2.34. The van der Waals surface area contributed by atoms with Crippen molar-refractivity contribution in [1.29, 1.82) is 0 Å². The van der Waals surface area contributed by atoms with E-state index in [0.717, 1.165) is 12.1 Å². The minimum atomic E-state index is -3.65. The van der Waals surface area contributed by atoms with E-state index in [-0.39, 0.29) is 36.4 Å². The number of carbonyl (C=O) groups is 1. The van der Waals surface area contributed by atoms with Crippen molar-refractivity contribution < 1.29 is 17.6 Å². The molecule has 1 saturated heterocycles. The van der Waals surface area contributed by atoms with Crippen molar-refractivity contribution in [2.24, 2.45) is 5.73 Å². The molecule has 1 heterocycles. The van der Waals surface area contributed by atoms with Crippen molar-refractivity contribution in [1.82, 2.24) is 9.21 Å². The van der Waals surface area contributed by atoms with Gasteiger partial charge in [0.25, 0.3) is 0 Å². The smallest absolute Gasteiger partial charge is 0.243 e.